The Balaban J connectivity index is 1.99. The minimum absolute atomic E-state index is 1.02. The first kappa shape index (κ1) is 27.4. The highest BCUT2D eigenvalue weighted by Gasteiger charge is 2.06. The van der Waals surface area contributed by atoms with Crippen molar-refractivity contribution in [3.8, 4) is 23.7 Å². The van der Waals surface area contributed by atoms with Crippen molar-refractivity contribution in [2.24, 2.45) is 0 Å². The van der Waals surface area contributed by atoms with E-state index in [2.05, 4.69) is 110 Å². The molecule has 0 bridgehead atoms. The summed E-state index contributed by atoms with van der Waals surface area (Å²) in [4.78, 5) is 5.00. The Kier molecular flexibility index (Phi) is 13.5. The number of anilines is 2. The number of rotatable bonds is 14. The molecular formula is C32H44N2. The highest BCUT2D eigenvalue weighted by molar-refractivity contribution is 5.53. The topological polar surface area (TPSA) is 6.48 Å². The lowest BCUT2D eigenvalue weighted by Gasteiger charge is -2.24. The Morgan fingerprint density at radius 2 is 0.765 bits per heavy atom. The van der Waals surface area contributed by atoms with E-state index in [-0.39, 0.29) is 0 Å². The van der Waals surface area contributed by atoms with E-state index in [0.29, 0.717) is 0 Å². The minimum atomic E-state index is 1.02. The van der Waals surface area contributed by atoms with E-state index >= 15 is 0 Å². The molecule has 0 aliphatic heterocycles. The molecule has 182 valence electrons. The van der Waals surface area contributed by atoms with Crippen LogP contribution in [0.5, 0.6) is 0 Å². The van der Waals surface area contributed by atoms with Crippen molar-refractivity contribution in [2.75, 3.05) is 36.0 Å². The van der Waals surface area contributed by atoms with E-state index in [9.17, 15) is 0 Å². The molecule has 0 saturated carbocycles. The molecule has 0 aromatic heterocycles. The number of unbranched alkanes of at least 4 members (excludes halogenated alkanes) is 4. The standard InChI is InChI=1S/C32H44N2/c1-5-9-25-33(26-10-6-2)31-21-17-29(18-22-31)15-13-14-16-30-19-23-32(24-20-30)34(27-11-7-3)28-12-8-4/h17-24H,5-12,25-28H2,1-4H3. The quantitative estimate of drug-likeness (QED) is 0.267. The van der Waals surface area contributed by atoms with Crippen LogP contribution in [0.25, 0.3) is 0 Å². The maximum absolute atomic E-state index is 3.19. The van der Waals surface area contributed by atoms with Crippen LogP contribution >= 0.6 is 0 Å². The Morgan fingerprint density at radius 1 is 0.471 bits per heavy atom. The van der Waals surface area contributed by atoms with Crippen LogP contribution in [0.3, 0.4) is 0 Å². The number of hydrogen-bond acceptors (Lipinski definition) is 2. The molecule has 2 heteroatoms. The van der Waals surface area contributed by atoms with Gasteiger partial charge in [0.2, 0.25) is 0 Å². The molecule has 2 aromatic carbocycles. The fourth-order valence-electron chi connectivity index (χ4n) is 3.85. The predicted octanol–water partition coefficient (Wildman–Crippen LogP) is 7.90. The summed E-state index contributed by atoms with van der Waals surface area (Å²) >= 11 is 0. The smallest absolute Gasteiger partial charge is 0.0367 e. The van der Waals surface area contributed by atoms with Gasteiger partial charge in [0.25, 0.3) is 0 Å². The van der Waals surface area contributed by atoms with Crippen LogP contribution in [0, 0.1) is 23.7 Å². The molecular weight excluding hydrogens is 412 g/mol. The number of benzene rings is 2. The van der Waals surface area contributed by atoms with Gasteiger partial charge in [-0.3, -0.25) is 0 Å². The Bertz CT molecular complexity index is 824. The maximum atomic E-state index is 3.19. The van der Waals surface area contributed by atoms with E-state index in [4.69, 9.17) is 0 Å². The van der Waals surface area contributed by atoms with Crippen molar-refractivity contribution < 1.29 is 0 Å². The zero-order valence-corrected chi connectivity index (χ0v) is 22.0. The molecule has 34 heavy (non-hydrogen) atoms. The molecule has 0 amide bonds. The zero-order valence-electron chi connectivity index (χ0n) is 22.0. The van der Waals surface area contributed by atoms with E-state index in [1.54, 1.807) is 0 Å². The second-order valence-electron chi connectivity index (χ2n) is 8.98. The van der Waals surface area contributed by atoms with Gasteiger partial charge in [-0.05, 0) is 86.1 Å². The number of nitrogens with zero attached hydrogens (tertiary/aromatic N) is 2. The van der Waals surface area contributed by atoms with Gasteiger partial charge in [-0.15, -0.1) is 0 Å². The lowest BCUT2D eigenvalue weighted by molar-refractivity contribution is 0.678. The molecule has 0 aliphatic rings. The van der Waals surface area contributed by atoms with Crippen LogP contribution < -0.4 is 9.80 Å². The first-order chi connectivity index (χ1) is 16.7. The van der Waals surface area contributed by atoms with Crippen molar-refractivity contribution >= 4 is 11.4 Å². The van der Waals surface area contributed by atoms with Crippen molar-refractivity contribution in [1.82, 2.24) is 0 Å². The molecule has 0 saturated heterocycles. The first-order valence-electron chi connectivity index (χ1n) is 13.4. The number of hydrogen-bond donors (Lipinski definition) is 0. The fraction of sp³-hybridized carbons (Fsp3) is 0.500. The average Bonchev–Trinajstić information content (AvgIpc) is 2.88. The molecule has 0 spiro atoms. The third kappa shape index (κ3) is 9.97. The summed E-state index contributed by atoms with van der Waals surface area (Å²) in [5.74, 6) is 12.4. The third-order valence-corrected chi connectivity index (χ3v) is 6.07. The van der Waals surface area contributed by atoms with Crippen molar-refractivity contribution in [3.05, 3.63) is 59.7 Å². The summed E-state index contributed by atoms with van der Waals surface area (Å²) in [6.45, 7) is 13.5. The highest BCUT2D eigenvalue weighted by atomic mass is 15.1. The van der Waals surface area contributed by atoms with Crippen LogP contribution in [0.1, 0.15) is 90.2 Å². The van der Waals surface area contributed by atoms with Crippen molar-refractivity contribution in [2.45, 2.75) is 79.1 Å². The molecule has 0 unspecified atom stereocenters. The second kappa shape index (κ2) is 16.7. The lowest BCUT2D eigenvalue weighted by atomic mass is 10.1. The predicted molar refractivity (Wildman–Crippen MR) is 151 cm³/mol. The van der Waals surface area contributed by atoms with E-state index in [1.165, 1.54) is 62.7 Å². The van der Waals surface area contributed by atoms with Crippen LogP contribution in [0.4, 0.5) is 11.4 Å². The fourth-order valence-corrected chi connectivity index (χ4v) is 3.85. The summed E-state index contributed by atoms with van der Waals surface area (Å²) < 4.78 is 0. The third-order valence-electron chi connectivity index (χ3n) is 6.07. The van der Waals surface area contributed by atoms with Gasteiger partial charge in [-0.2, -0.15) is 0 Å². The van der Waals surface area contributed by atoms with Crippen LogP contribution in [0.15, 0.2) is 48.5 Å². The Labute approximate surface area is 209 Å². The van der Waals surface area contributed by atoms with Gasteiger partial charge in [-0.25, -0.2) is 0 Å². The summed E-state index contributed by atoms with van der Waals surface area (Å²) in [5.41, 5.74) is 4.62. The minimum Gasteiger partial charge on any atom is -0.372 e. The first-order valence-corrected chi connectivity index (χ1v) is 13.4. The highest BCUT2D eigenvalue weighted by Crippen LogP contribution is 2.18. The molecule has 0 N–H and O–H groups in total. The molecule has 0 heterocycles. The Morgan fingerprint density at radius 3 is 1.03 bits per heavy atom. The molecule has 0 radical (unpaired) electrons. The van der Waals surface area contributed by atoms with Gasteiger partial charge in [0.1, 0.15) is 0 Å². The maximum Gasteiger partial charge on any atom is 0.0367 e. The van der Waals surface area contributed by atoms with E-state index in [1.807, 2.05) is 0 Å². The summed E-state index contributed by atoms with van der Waals surface area (Å²) in [6.07, 6.45) is 9.84. The van der Waals surface area contributed by atoms with Gasteiger partial charge >= 0.3 is 0 Å². The van der Waals surface area contributed by atoms with Gasteiger partial charge in [0.05, 0.1) is 0 Å². The van der Waals surface area contributed by atoms with Gasteiger partial charge in [0.15, 0.2) is 0 Å². The normalized spacial score (nSPS) is 10.1. The van der Waals surface area contributed by atoms with Gasteiger partial charge in [0, 0.05) is 48.7 Å². The van der Waals surface area contributed by atoms with E-state index in [0.717, 1.165) is 37.3 Å². The van der Waals surface area contributed by atoms with Crippen LogP contribution in [-0.2, 0) is 0 Å². The summed E-state index contributed by atoms with van der Waals surface area (Å²) in [7, 11) is 0. The van der Waals surface area contributed by atoms with Crippen molar-refractivity contribution in [3.63, 3.8) is 0 Å². The van der Waals surface area contributed by atoms with Crippen molar-refractivity contribution in [1.29, 1.82) is 0 Å². The van der Waals surface area contributed by atoms with Crippen LogP contribution in [0.2, 0.25) is 0 Å². The van der Waals surface area contributed by atoms with Gasteiger partial charge < -0.3 is 9.80 Å². The van der Waals surface area contributed by atoms with Gasteiger partial charge in [-0.1, -0.05) is 65.2 Å². The molecule has 0 atom stereocenters. The molecule has 2 rings (SSSR count). The average molecular weight is 457 g/mol. The molecule has 0 fully saturated rings. The summed E-state index contributed by atoms with van der Waals surface area (Å²) in [5, 5.41) is 0. The molecule has 0 aliphatic carbocycles. The monoisotopic (exact) mass is 456 g/mol. The molecule has 2 nitrogen and oxygen atoms in total. The zero-order chi connectivity index (χ0) is 24.4. The SMILES string of the molecule is CCCCN(CCCC)c1ccc(C#CC#Cc2ccc(N(CCCC)CCCC)cc2)cc1. The van der Waals surface area contributed by atoms with E-state index < -0.39 is 0 Å². The second-order valence-corrected chi connectivity index (χ2v) is 8.98. The van der Waals surface area contributed by atoms with Crippen LogP contribution in [-0.4, -0.2) is 26.2 Å². The largest absolute Gasteiger partial charge is 0.372 e. The molecule has 2 aromatic rings. The Hall–Kier alpha value is -2.84. The summed E-state index contributed by atoms with van der Waals surface area (Å²) in [6, 6.07) is 17.3. The lowest BCUT2D eigenvalue weighted by Crippen LogP contribution is -2.25.